The summed E-state index contributed by atoms with van der Waals surface area (Å²) < 4.78 is 15.5. The molecule has 0 radical (unpaired) electrons. The fourth-order valence-corrected chi connectivity index (χ4v) is 2.60. The summed E-state index contributed by atoms with van der Waals surface area (Å²) in [6.45, 7) is 6.94. The second-order valence-corrected chi connectivity index (χ2v) is 5.14. The van der Waals surface area contributed by atoms with E-state index in [1.807, 2.05) is 31.6 Å². The maximum absolute atomic E-state index is 13.5. The van der Waals surface area contributed by atoms with Gasteiger partial charge in [-0.15, -0.1) is 0 Å². The third-order valence-electron chi connectivity index (χ3n) is 3.66. The molecular weight excluding hydrogens is 253 g/mol. The topological polar surface area (TPSA) is 29.9 Å². The molecule has 1 aromatic heterocycles. The second-order valence-electron chi connectivity index (χ2n) is 5.14. The van der Waals surface area contributed by atoms with Gasteiger partial charge in [0, 0.05) is 24.7 Å². The van der Waals surface area contributed by atoms with Crippen LogP contribution in [-0.2, 0) is 13.0 Å². The highest BCUT2D eigenvalue weighted by molar-refractivity contribution is 5.30. The van der Waals surface area contributed by atoms with Crippen molar-refractivity contribution in [2.24, 2.45) is 0 Å². The van der Waals surface area contributed by atoms with Crippen molar-refractivity contribution < 1.29 is 4.39 Å². The molecule has 1 heterocycles. The minimum absolute atomic E-state index is 0.0899. The van der Waals surface area contributed by atoms with Crippen LogP contribution in [0.4, 0.5) is 4.39 Å². The molecule has 3 nitrogen and oxygen atoms in total. The van der Waals surface area contributed by atoms with E-state index in [1.165, 1.54) is 11.8 Å². The summed E-state index contributed by atoms with van der Waals surface area (Å²) in [4.78, 5) is 0. The predicted molar refractivity (Wildman–Crippen MR) is 79.3 cm³/mol. The summed E-state index contributed by atoms with van der Waals surface area (Å²) in [7, 11) is 1.91. The first-order valence-electron chi connectivity index (χ1n) is 7.01. The lowest BCUT2D eigenvalue weighted by Gasteiger charge is -2.19. The summed E-state index contributed by atoms with van der Waals surface area (Å²) in [5.41, 5.74) is 4.31. The van der Waals surface area contributed by atoms with Crippen molar-refractivity contribution >= 4 is 0 Å². The van der Waals surface area contributed by atoms with E-state index in [0.29, 0.717) is 0 Å². The van der Waals surface area contributed by atoms with Crippen LogP contribution in [0.15, 0.2) is 24.3 Å². The molecule has 0 bridgehead atoms. The first-order valence-corrected chi connectivity index (χ1v) is 7.01. The van der Waals surface area contributed by atoms with Gasteiger partial charge in [0.1, 0.15) is 5.82 Å². The van der Waals surface area contributed by atoms with Gasteiger partial charge in [-0.2, -0.15) is 5.10 Å². The van der Waals surface area contributed by atoms with Crippen molar-refractivity contribution in [1.29, 1.82) is 0 Å². The van der Waals surface area contributed by atoms with Gasteiger partial charge in [0.05, 0.1) is 5.69 Å². The first-order chi connectivity index (χ1) is 9.55. The van der Waals surface area contributed by atoms with Gasteiger partial charge >= 0.3 is 0 Å². The molecule has 0 aliphatic heterocycles. The van der Waals surface area contributed by atoms with E-state index in [-0.39, 0.29) is 11.9 Å². The standard InChI is InChI=1S/C16H22FN3/c1-5-20-14(8-12(3)19-20)10-16(18-4)15-9-13(17)7-6-11(15)2/h6-9,16,18H,5,10H2,1-4H3. The molecule has 0 saturated carbocycles. The molecule has 4 heteroatoms. The number of rotatable bonds is 5. The monoisotopic (exact) mass is 275 g/mol. The van der Waals surface area contributed by atoms with E-state index in [1.54, 1.807) is 6.07 Å². The van der Waals surface area contributed by atoms with Crippen LogP contribution in [0.25, 0.3) is 0 Å². The molecule has 1 N–H and O–H groups in total. The molecule has 0 fully saturated rings. The van der Waals surface area contributed by atoms with Crippen molar-refractivity contribution in [3.05, 3.63) is 52.6 Å². The lowest BCUT2D eigenvalue weighted by Crippen LogP contribution is -2.21. The van der Waals surface area contributed by atoms with E-state index in [4.69, 9.17) is 0 Å². The van der Waals surface area contributed by atoms with Crippen LogP contribution in [0.5, 0.6) is 0 Å². The minimum atomic E-state index is -0.189. The summed E-state index contributed by atoms with van der Waals surface area (Å²) in [5.74, 6) is -0.189. The zero-order valence-corrected chi connectivity index (χ0v) is 12.6. The molecule has 1 atom stereocenters. The number of hydrogen-bond donors (Lipinski definition) is 1. The molecule has 2 rings (SSSR count). The largest absolute Gasteiger partial charge is 0.313 e. The number of halogens is 1. The molecule has 108 valence electrons. The maximum Gasteiger partial charge on any atom is 0.123 e. The van der Waals surface area contributed by atoms with Crippen molar-refractivity contribution in [1.82, 2.24) is 15.1 Å². The lowest BCUT2D eigenvalue weighted by molar-refractivity contribution is 0.534. The van der Waals surface area contributed by atoms with Crippen LogP contribution >= 0.6 is 0 Å². The quantitative estimate of drug-likeness (QED) is 0.908. The molecule has 0 aliphatic carbocycles. The van der Waals surface area contributed by atoms with Crippen LogP contribution in [0.3, 0.4) is 0 Å². The van der Waals surface area contributed by atoms with Crippen molar-refractivity contribution in [2.45, 2.75) is 39.8 Å². The first kappa shape index (κ1) is 14.7. The van der Waals surface area contributed by atoms with Gasteiger partial charge in [0.2, 0.25) is 0 Å². The lowest BCUT2D eigenvalue weighted by atomic mass is 9.97. The molecule has 20 heavy (non-hydrogen) atoms. The van der Waals surface area contributed by atoms with Gasteiger partial charge < -0.3 is 5.32 Å². The van der Waals surface area contributed by atoms with Gasteiger partial charge in [0.25, 0.3) is 0 Å². The second kappa shape index (κ2) is 6.18. The number of benzene rings is 1. The Morgan fingerprint density at radius 3 is 2.70 bits per heavy atom. The Morgan fingerprint density at radius 2 is 2.05 bits per heavy atom. The van der Waals surface area contributed by atoms with Gasteiger partial charge in [-0.1, -0.05) is 6.07 Å². The fourth-order valence-electron chi connectivity index (χ4n) is 2.60. The van der Waals surface area contributed by atoms with E-state index < -0.39 is 0 Å². The summed E-state index contributed by atoms with van der Waals surface area (Å²) in [5, 5.41) is 7.75. The Kier molecular flexibility index (Phi) is 4.55. The third-order valence-corrected chi connectivity index (χ3v) is 3.66. The highest BCUT2D eigenvalue weighted by atomic mass is 19.1. The SMILES string of the molecule is CCn1nc(C)cc1CC(NC)c1cc(F)ccc1C. The molecular formula is C16H22FN3. The Balaban J connectivity index is 2.30. The highest BCUT2D eigenvalue weighted by Crippen LogP contribution is 2.23. The number of nitrogens with one attached hydrogen (secondary N) is 1. The molecule has 1 unspecified atom stereocenters. The van der Waals surface area contributed by atoms with Crippen LogP contribution in [0.2, 0.25) is 0 Å². The fraction of sp³-hybridized carbons (Fsp3) is 0.438. The summed E-state index contributed by atoms with van der Waals surface area (Å²) in [6, 6.07) is 7.15. The van der Waals surface area contributed by atoms with E-state index in [0.717, 1.165) is 29.8 Å². The molecule has 0 aliphatic rings. The van der Waals surface area contributed by atoms with Crippen molar-refractivity contribution in [3.63, 3.8) is 0 Å². The highest BCUT2D eigenvalue weighted by Gasteiger charge is 2.16. The molecule has 0 spiro atoms. The minimum Gasteiger partial charge on any atom is -0.313 e. The average Bonchev–Trinajstić information content (AvgIpc) is 2.79. The molecule has 1 aromatic carbocycles. The number of nitrogens with zero attached hydrogens (tertiary/aromatic N) is 2. The number of hydrogen-bond acceptors (Lipinski definition) is 2. The van der Waals surface area contributed by atoms with Gasteiger partial charge in [-0.05, 0) is 57.1 Å². The number of aromatic nitrogens is 2. The Labute approximate surface area is 119 Å². The number of likely N-dealkylation sites (N-methyl/N-ethyl adjacent to an activating group) is 1. The van der Waals surface area contributed by atoms with Gasteiger partial charge in [-0.3, -0.25) is 4.68 Å². The average molecular weight is 275 g/mol. The summed E-state index contributed by atoms with van der Waals surface area (Å²) in [6.07, 6.45) is 0.801. The van der Waals surface area contributed by atoms with E-state index in [9.17, 15) is 4.39 Å². The third kappa shape index (κ3) is 3.07. The Hall–Kier alpha value is -1.68. The van der Waals surface area contributed by atoms with Crippen LogP contribution in [0.1, 0.15) is 35.5 Å². The molecule has 0 saturated heterocycles. The van der Waals surface area contributed by atoms with E-state index in [2.05, 4.69) is 23.4 Å². The van der Waals surface area contributed by atoms with Crippen LogP contribution in [0, 0.1) is 19.7 Å². The zero-order chi connectivity index (χ0) is 14.7. The van der Waals surface area contributed by atoms with Crippen LogP contribution < -0.4 is 5.32 Å². The molecule has 2 aromatic rings. The smallest absolute Gasteiger partial charge is 0.123 e. The normalized spacial score (nSPS) is 12.7. The Morgan fingerprint density at radius 1 is 1.30 bits per heavy atom. The van der Waals surface area contributed by atoms with Crippen molar-refractivity contribution in [2.75, 3.05) is 7.05 Å². The predicted octanol–water partition coefficient (Wildman–Crippen LogP) is 3.16. The van der Waals surface area contributed by atoms with E-state index >= 15 is 0 Å². The zero-order valence-electron chi connectivity index (χ0n) is 12.6. The number of aryl methyl sites for hydroxylation is 3. The van der Waals surface area contributed by atoms with Gasteiger partial charge in [0.15, 0.2) is 0 Å². The van der Waals surface area contributed by atoms with Crippen LogP contribution in [-0.4, -0.2) is 16.8 Å². The molecule has 0 amide bonds. The van der Waals surface area contributed by atoms with Crippen molar-refractivity contribution in [3.8, 4) is 0 Å². The maximum atomic E-state index is 13.5. The Bertz CT molecular complexity index is 589. The van der Waals surface area contributed by atoms with Gasteiger partial charge in [-0.25, -0.2) is 4.39 Å². The summed E-state index contributed by atoms with van der Waals surface area (Å²) >= 11 is 0.